The molecule has 6 heteroatoms. The molecule has 0 fully saturated rings. The van der Waals surface area contributed by atoms with Crippen LogP contribution < -0.4 is 10.6 Å². The Bertz CT molecular complexity index is 613. The van der Waals surface area contributed by atoms with Crippen molar-refractivity contribution in [1.29, 1.82) is 0 Å². The molecule has 0 bridgehead atoms. The molecule has 1 aromatic heterocycles. The lowest BCUT2D eigenvalue weighted by Crippen LogP contribution is -2.30. The number of rotatable bonds is 5. The van der Waals surface area contributed by atoms with Crippen molar-refractivity contribution in [3.63, 3.8) is 0 Å². The zero-order valence-electron chi connectivity index (χ0n) is 11.6. The van der Waals surface area contributed by atoms with E-state index in [9.17, 15) is 9.90 Å². The molecular weight excluding hydrogens is 308 g/mol. The van der Waals surface area contributed by atoms with Gasteiger partial charge in [-0.15, -0.1) is 11.3 Å². The lowest BCUT2D eigenvalue weighted by atomic mass is 10.3. The van der Waals surface area contributed by atoms with Crippen LogP contribution in [0.2, 0.25) is 5.02 Å². The van der Waals surface area contributed by atoms with Gasteiger partial charge in [0.05, 0.1) is 6.10 Å². The fourth-order valence-electron chi connectivity index (χ4n) is 1.79. The van der Waals surface area contributed by atoms with Gasteiger partial charge in [-0.05, 0) is 43.7 Å². The van der Waals surface area contributed by atoms with Crippen molar-refractivity contribution in [1.82, 2.24) is 5.32 Å². The van der Waals surface area contributed by atoms with E-state index in [-0.39, 0.29) is 6.03 Å². The maximum atomic E-state index is 11.7. The van der Waals surface area contributed by atoms with Crippen LogP contribution in [0, 0.1) is 0 Å². The third-order valence-corrected chi connectivity index (χ3v) is 4.38. The van der Waals surface area contributed by atoms with Crippen molar-refractivity contribution in [3.8, 4) is 0 Å². The van der Waals surface area contributed by atoms with Gasteiger partial charge in [0.25, 0.3) is 0 Å². The lowest BCUT2D eigenvalue weighted by molar-refractivity contribution is 0.203. The molecular formula is C15H17ClN2O2S. The monoisotopic (exact) mass is 324 g/mol. The predicted octanol–water partition coefficient (Wildman–Crippen LogP) is 3.82. The van der Waals surface area contributed by atoms with Crippen LogP contribution in [0.25, 0.3) is 0 Å². The molecule has 2 aromatic rings. The molecule has 0 saturated carbocycles. The molecule has 21 heavy (non-hydrogen) atoms. The van der Waals surface area contributed by atoms with Crippen LogP contribution in [0.3, 0.4) is 0 Å². The molecule has 0 radical (unpaired) electrons. The summed E-state index contributed by atoms with van der Waals surface area (Å²) in [4.78, 5) is 13.8. The molecule has 2 rings (SSSR count). The Kier molecular flexibility index (Phi) is 5.61. The summed E-state index contributed by atoms with van der Waals surface area (Å²) in [6, 6.07) is 10.6. The number of amides is 2. The average molecular weight is 325 g/mol. The zero-order chi connectivity index (χ0) is 15.2. The molecule has 4 nitrogen and oxygen atoms in total. The van der Waals surface area contributed by atoms with E-state index in [0.717, 1.165) is 16.2 Å². The molecule has 0 saturated heterocycles. The first-order valence-corrected chi connectivity index (χ1v) is 7.81. The number of aliphatic hydroxyl groups excluding tert-OH is 1. The number of benzene rings is 1. The van der Waals surface area contributed by atoms with Crippen molar-refractivity contribution >= 4 is 34.7 Å². The van der Waals surface area contributed by atoms with E-state index in [1.165, 1.54) is 0 Å². The van der Waals surface area contributed by atoms with Gasteiger partial charge >= 0.3 is 6.03 Å². The number of carbonyl (C=O) groups excluding carboxylic acids is 1. The highest BCUT2D eigenvalue weighted by Crippen LogP contribution is 2.23. The molecule has 1 heterocycles. The second kappa shape index (κ2) is 7.45. The smallest absolute Gasteiger partial charge is 0.319 e. The van der Waals surface area contributed by atoms with Gasteiger partial charge in [-0.25, -0.2) is 4.79 Å². The van der Waals surface area contributed by atoms with Crippen LogP contribution in [0.15, 0.2) is 36.4 Å². The summed E-state index contributed by atoms with van der Waals surface area (Å²) in [5, 5.41) is 15.5. The Balaban J connectivity index is 1.76. The second-order valence-electron chi connectivity index (χ2n) is 4.62. The first kappa shape index (κ1) is 15.8. The minimum absolute atomic E-state index is 0.260. The molecule has 3 N–H and O–H groups in total. The van der Waals surface area contributed by atoms with Gasteiger partial charge in [-0.1, -0.05) is 17.7 Å². The molecule has 0 aliphatic heterocycles. The molecule has 1 unspecified atom stereocenters. The van der Waals surface area contributed by atoms with Gasteiger partial charge in [0.2, 0.25) is 0 Å². The fraction of sp³-hybridized carbons (Fsp3) is 0.267. The molecule has 0 aliphatic rings. The first-order chi connectivity index (χ1) is 10.0. The number of halogens is 1. The SMILES string of the molecule is CC(O)c1ccc(CCNC(=O)Nc2cccc(Cl)c2)s1. The van der Waals surface area contributed by atoms with Crippen LogP contribution in [0.4, 0.5) is 10.5 Å². The van der Waals surface area contributed by atoms with Gasteiger partial charge in [-0.3, -0.25) is 0 Å². The molecule has 1 atom stereocenters. The Morgan fingerprint density at radius 3 is 2.86 bits per heavy atom. The van der Waals surface area contributed by atoms with Crippen molar-refractivity contribution in [2.24, 2.45) is 0 Å². The van der Waals surface area contributed by atoms with Crippen LogP contribution >= 0.6 is 22.9 Å². The molecule has 112 valence electrons. The minimum Gasteiger partial charge on any atom is -0.388 e. The Labute approximate surface area is 132 Å². The zero-order valence-corrected chi connectivity index (χ0v) is 13.2. The largest absolute Gasteiger partial charge is 0.388 e. The van der Waals surface area contributed by atoms with Crippen molar-refractivity contribution < 1.29 is 9.90 Å². The third kappa shape index (κ3) is 5.04. The summed E-state index contributed by atoms with van der Waals surface area (Å²) >= 11 is 7.41. The number of urea groups is 1. The second-order valence-corrected chi connectivity index (χ2v) is 6.26. The van der Waals surface area contributed by atoms with E-state index in [1.54, 1.807) is 42.5 Å². The topological polar surface area (TPSA) is 61.4 Å². The maximum absolute atomic E-state index is 11.7. The molecule has 0 aliphatic carbocycles. The van der Waals surface area contributed by atoms with E-state index in [0.29, 0.717) is 17.3 Å². The van der Waals surface area contributed by atoms with E-state index in [1.807, 2.05) is 12.1 Å². The van der Waals surface area contributed by atoms with Gasteiger partial charge in [0, 0.05) is 27.0 Å². The summed E-state index contributed by atoms with van der Waals surface area (Å²) in [7, 11) is 0. The van der Waals surface area contributed by atoms with Gasteiger partial charge in [0.15, 0.2) is 0 Å². The van der Waals surface area contributed by atoms with Crippen molar-refractivity contribution in [3.05, 3.63) is 51.2 Å². The van der Waals surface area contributed by atoms with E-state index in [4.69, 9.17) is 11.6 Å². The van der Waals surface area contributed by atoms with Crippen LogP contribution in [0.5, 0.6) is 0 Å². The molecule has 0 spiro atoms. The van der Waals surface area contributed by atoms with Crippen LogP contribution in [-0.4, -0.2) is 17.7 Å². The Morgan fingerprint density at radius 2 is 2.19 bits per heavy atom. The van der Waals surface area contributed by atoms with Crippen LogP contribution in [-0.2, 0) is 6.42 Å². The highest BCUT2D eigenvalue weighted by molar-refractivity contribution is 7.12. The summed E-state index contributed by atoms with van der Waals surface area (Å²) in [6.07, 6.45) is 0.295. The van der Waals surface area contributed by atoms with Crippen molar-refractivity contribution in [2.45, 2.75) is 19.4 Å². The maximum Gasteiger partial charge on any atom is 0.319 e. The third-order valence-electron chi connectivity index (χ3n) is 2.83. The summed E-state index contributed by atoms with van der Waals surface area (Å²) in [5.74, 6) is 0. The standard InChI is InChI=1S/C15H17ClN2O2S/c1-10(19)14-6-5-13(21-14)7-8-17-15(20)18-12-4-2-3-11(16)9-12/h2-6,9-10,19H,7-8H2,1H3,(H2,17,18,20). The average Bonchev–Trinajstić information content (AvgIpc) is 2.87. The Morgan fingerprint density at radius 1 is 1.38 bits per heavy atom. The first-order valence-electron chi connectivity index (χ1n) is 6.61. The summed E-state index contributed by atoms with van der Waals surface area (Å²) in [6.45, 7) is 2.28. The quantitative estimate of drug-likeness (QED) is 0.783. The predicted molar refractivity (Wildman–Crippen MR) is 87.1 cm³/mol. The Hall–Kier alpha value is -1.56. The number of carbonyl (C=O) groups is 1. The van der Waals surface area contributed by atoms with Crippen molar-refractivity contribution in [2.75, 3.05) is 11.9 Å². The number of thiophene rings is 1. The minimum atomic E-state index is -0.442. The lowest BCUT2D eigenvalue weighted by Gasteiger charge is -2.07. The number of hydrogen-bond donors (Lipinski definition) is 3. The van der Waals surface area contributed by atoms with E-state index >= 15 is 0 Å². The highest BCUT2D eigenvalue weighted by atomic mass is 35.5. The van der Waals surface area contributed by atoms with E-state index < -0.39 is 6.10 Å². The fourth-order valence-corrected chi connectivity index (χ4v) is 2.93. The molecule has 2 amide bonds. The number of aliphatic hydroxyl groups is 1. The van der Waals surface area contributed by atoms with E-state index in [2.05, 4.69) is 10.6 Å². The number of anilines is 1. The molecule has 1 aromatic carbocycles. The van der Waals surface area contributed by atoms with Gasteiger partial charge in [0.1, 0.15) is 0 Å². The number of hydrogen-bond acceptors (Lipinski definition) is 3. The van der Waals surface area contributed by atoms with Crippen LogP contribution in [0.1, 0.15) is 22.8 Å². The summed E-state index contributed by atoms with van der Waals surface area (Å²) < 4.78 is 0. The number of nitrogens with one attached hydrogen (secondary N) is 2. The highest BCUT2D eigenvalue weighted by Gasteiger charge is 2.06. The van der Waals surface area contributed by atoms with Gasteiger partial charge < -0.3 is 15.7 Å². The normalized spacial score (nSPS) is 12.0. The van der Waals surface area contributed by atoms with Gasteiger partial charge in [-0.2, -0.15) is 0 Å². The summed E-state index contributed by atoms with van der Waals surface area (Å²) in [5.41, 5.74) is 0.660.